The summed E-state index contributed by atoms with van der Waals surface area (Å²) in [6.07, 6.45) is 8.37. The Morgan fingerprint density at radius 1 is 1.16 bits per heavy atom. The molecule has 0 N–H and O–H groups in total. The van der Waals surface area contributed by atoms with Crippen LogP contribution >= 0.6 is 0 Å². The normalized spacial score (nSPS) is 30.4. The maximum absolute atomic E-state index is 11.8. The van der Waals surface area contributed by atoms with Gasteiger partial charge in [0.05, 0.1) is 17.6 Å². The third-order valence-corrected chi connectivity index (χ3v) is 5.19. The second-order valence-electron chi connectivity index (χ2n) is 6.89. The van der Waals surface area contributed by atoms with Gasteiger partial charge in [0, 0.05) is 0 Å². The van der Waals surface area contributed by atoms with Gasteiger partial charge >= 0.3 is 5.97 Å². The first-order valence-corrected chi connectivity index (χ1v) is 7.79. The van der Waals surface area contributed by atoms with Crippen molar-refractivity contribution in [3.05, 3.63) is 0 Å². The minimum atomic E-state index is -0.374. The maximum atomic E-state index is 11.8. The number of hydrogen-bond donors (Lipinski definition) is 0. The van der Waals surface area contributed by atoms with Crippen molar-refractivity contribution in [2.45, 2.75) is 71.3 Å². The van der Waals surface area contributed by atoms with E-state index in [1.54, 1.807) is 0 Å². The van der Waals surface area contributed by atoms with E-state index in [0.717, 1.165) is 12.3 Å². The highest BCUT2D eigenvalue weighted by molar-refractivity contribution is 5.75. The van der Waals surface area contributed by atoms with Crippen molar-refractivity contribution in [3.63, 3.8) is 0 Å². The summed E-state index contributed by atoms with van der Waals surface area (Å²) in [6, 6.07) is 0. The van der Waals surface area contributed by atoms with Gasteiger partial charge in [-0.2, -0.15) is 0 Å². The van der Waals surface area contributed by atoms with Crippen LogP contribution in [0.3, 0.4) is 0 Å². The van der Waals surface area contributed by atoms with Gasteiger partial charge in [0.25, 0.3) is 0 Å². The van der Waals surface area contributed by atoms with E-state index in [1.807, 2.05) is 20.8 Å². The van der Waals surface area contributed by atoms with E-state index in [4.69, 9.17) is 9.47 Å². The number of carbonyl (C=O) groups excluding carboxylic acids is 1. The van der Waals surface area contributed by atoms with Gasteiger partial charge < -0.3 is 9.47 Å². The molecule has 3 nitrogen and oxygen atoms in total. The zero-order valence-electron chi connectivity index (χ0n) is 12.7. The van der Waals surface area contributed by atoms with Crippen molar-refractivity contribution in [1.29, 1.82) is 0 Å². The molecule has 0 unspecified atom stereocenters. The fourth-order valence-electron chi connectivity index (χ4n) is 3.16. The van der Waals surface area contributed by atoms with Gasteiger partial charge in [-0.3, -0.25) is 4.79 Å². The number of esters is 1. The molecule has 3 rings (SSSR count). The van der Waals surface area contributed by atoms with Crippen LogP contribution in [0.5, 0.6) is 0 Å². The average Bonchev–Trinajstić information content (AvgIpc) is 2.45. The van der Waals surface area contributed by atoms with E-state index < -0.39 is 0 Å². The summed E-state index contributed by atoms with van der Waals surface area (Å²) in [5.74, 6) is 0.845. The second kappa shape index (κ2) is 5.82. The summed E-state index contributed by atoms with van der Waals surface area (Å²) in [5, 5.41) is 0. The summed E-state index contributed by atoms with van der Waals surface area (Å²) in [5.41, 5.74) is -0.261. The van der Waals surface area contributed by atoms with Crippen molar-refractivity contribution < 1.29 is 14.3 Å². The Morgan fingerprint density at radius 3 is 2.26 bits per heavy atom. The Hall–Kier alpha value is -0.570. The fraction of sp³-hybridized carbons (Fsp3) is 0.938. The molecule has 0 saturated heterocycles. The molecule has 2 bridgehead atoms. The molecule has 0 aliphatic heterocycles. The van der Waals surface area contributed by atoms with Crippen molar-refractivity contribution in [2.24, 2.45) is 11.3 Å². The summed E-state index contributed by atoms with van der Waals surface area (Å²) in [4.78, 5) is 11.8. The largest absolute Gasteiger partial charge is 0.463 e. The lowest BCUT2D eigenvalue weighted by molar-refractivity contribution is -0.161. The molecule has 0 amide bonds. The SMILES string of the molecule is CCC(C)(C)C(=O)OCCOC12CCC(CC1)CC2. The van der Waals surface area contributed by atoms with Gasteiger partial charge in [0.2, 0.25) is 0 Å². The van der Waals surface area contributed by atoms with Crippen molar-refractivity contribution in [3.8, 4) is 0 Å². The molecule has 0 aromatic carbocycles. The maximum Gasteiger partial charge on any atom is 0.311 e. The van der Waals surface area contributed by atoms with Crippen molar-refractivity contribution in [2.75, 3.05) is 13.2 Å². The first-order valence-electron chi connectivity index (χ1n) is 7.79. The molecule has 0 aromatic heterocycles. The van der Waals surface area contributed by atoms with Crippen LogP contribution in [0.2, 0.25) is 0 Å². The van der Waals surface area contributed by atoms with E-state index >= 15 is 0 Å². The Kier molecular flexibility index (Phi) is 4.54. The molecule has 3 heteroatoms. The first kappa shape index (κ1) is 14.8. The predicted molar refractivity (Wildman–Crippen MR) is 74.9 cm³/mol. The van der Waals surface area contributed by atoms with Crippen LogP contribution in [-0.2, 0) is 14.3 Å². The quantitative estimate of drug-likeness (QED) is 0.544. The predicted octanol–water partition coefficient (Wildman–Crippen LogP) is 3.71. The van der Waals surface area contributed by atoms with Gasteiger partial charge in [-0.25, -0.2) is 0 Å². The summed E-state index contributed by atoms with van der Waals surface area (Å²) in [7, 11) is 0. The lowest BCUT2D eigenvalue weighted by Gasteiger charge is -2.46. The van der Waals surface area contributed by atoms with Crippen molar-refractivity contribution >= 4 is 5.97 Å². The molecule has 3 fully saturated rings. The Labute approximate surface area is 117 Å². The number of rotatable bonds is 6. The number of carbonyl (C=O) groups is 1. The van der Waals surface area contributed by atoms with E-state index in [-0.39, 0.29) is 17.0 Å². The van der Waals surface area contributed by atoms with Crippen LogP contribution < -0.4 is 0 Å². The minimum absolute atomic E-state index is 0.108. The highest BCUT2D eigenvalue weighted by Crippen LogP contribution is 2.46. The molecule has 0 heterocycles. The van der Waals surface area contributed by atoms with Gasteiger partial charge in [-0.1, -0.05) is 6.92 Å². The van der Waals surface area contributed by atoms with Crippen molar-refractivity contribution in [1.82, 2.24) is 0 Å². The summed E-state index contributed by atoms with van der Waals surface area (Å²) < 4.78 is 11.4. The Balaban J connectivity index is 1.68. The molecule has 0 atom stereocenters. The second-order valence-corrected chi connectivity index (χ2v) is 6.89. The van der Waals surface area contributed by atoms with Gasteiger partial charge in [0.1, 0.15) is 6.61 Å². The Morgan fingerprint density at radius 2 is 1.74 bits per heavy atom. The van der Waals surface area contributed by atoms with E-state index in [1.165, 1.54) is 38.5 Å². The van der Waals surface area contributed by atoms with E-state index in [9.17, 15) is 4.79 Å². The van der Waals surface area contributed by atoms with Gasteiger partial charge in [-0.15, -0.1) is 0 Å². The third-order valence-electron chi connectivity index (χ3n) is 5.19. The summed E-state index contributed by atoms with van der Waals surface area (Å²) in [6.45, 7) is 6.81. The zero-order valence-corrected chi connectivity index (χ0v) is 12.7. The monoisotopic (exact) mass is 268 g/mol. The average molecular weight is 268 g/mol. The lowest BCUT2D eigenvalue weighted by atomic mass is 9.68. The molecule has 0 radical (unpaired) electrons. The van der Waals surface area contributed by atoms with Crippen LogP contribution in [0, 0.1) is 11.3 Å². The standard InChI is InChI=1S/C16H28O3/c1-4-15(2,3)14(17)18-11-12-19-16-8-5-13(6-9-16)7-10-16/h13H,4-12H2,1-3H3. The molecule has 3 aliphatic rings. The van der Waals surface area contributed by atoms with Crippen LogP contribution in [0.4, 0.5) is 0 Å². The number of hydrogen-bond acceptors (Lipinski definition) is 3. The summed E-state index contributed by atoms with van der Waals surface area (Å²) >= 11 is 0. The first-order chi connectivity index (χ1) is 8.97. The minimum Gasteiger partial charge on any atom is -0.463 e. The van der Waals surface area contributed by atoms with Crippen LogP contribution in [0.25, 0.3) is 0 Å². The molecule has 3 saturated carbocycles. The van der Waals surface area contributed by atoms with Gasteiger partial charge in [-0.05, 0) is 64.7 Å². The lowest BCUT2D eigenvalue weighted by Crippen LogP contribution is -2.43. The molecule has 0 spiro atoms. The third kappa shape index (κ3) is 3.50. The van der Waals surface area contributed by atoms with Crippen LogP contribution in [0.15, 0.2) is 0 Å². The Bertz CT molecular complexity index is 300. The van der Waals surface area contributed by atoms with E-state index in [2.05, 4.69) is 0 Å². The van der Waals surface area contributed by atoms with Crippen LogP contribution in [0.1, 0.15) is 65.7 Å². The van der Waals surface area contributed by atoms with E-state index in [0.29, 0.717) is 13.2 Å². The molecule has 19 heavy (non-hydrogen) atoms. The highest BCUT2D eigenvalue weighted by atomic mass is 16.6. The molecular formula is C16H28O3. The molecule has 110 valence electrons. The van der Waals surface area contributed by atoms with Crippen LogP contribution in [-0.4, -0.2) is 24.8 Å². The molecule has 3 aliphatic carbocycles. The van der Waals surface area contributed by atoms with Gasteiger partial charge in [0.15, 0.2) is 0 Å². The molecular weight excluding hydrogens is 240 g/mol. The number of fused-ring (bicyclic) bond motifs is 3. The highest BCUT2D eigenvalue weighted by Gasteiger charge is 2.41. The zero-order chi connectivity index (χ0) is 13.9. The fourth-order valence-corrected chi connectivity index (χ4v) is 3.16. The smallest absolute Gasteiger partial charge is 0.311 e. The molecule has 0 aromatic rings. The topological polar surface area (TPSA) is 35.5 Å². The number of ether oxygens (including phenoxy) is 2.